The molecule has 0 radical (unpaired) electrons. The molecule has 0 spiro atoms. The second-order valence-corrected chi connectivity index (χ2v) is 5.43. The van der Waals surface area contributed by atoms with Gasteiger partial charge in [-0.05, 0) is 17.7 Å². The van der Waals surface area contributed by atoms with Gasteiger partial charge in [0.15, 0.2) is 0 Å². The number of terminal acetylenes is 1. The van der Waals surface area contributed by atoms with Gasteiger partial charge < -0.3 is 9.84 Å². The molecular weight excluding hydrogens is 362 g/mol. The van der Waals surface area contributed by atoms with E-state index >= 15 is 0 Å². The van der Waals surface area contributed by atoms with E-state index in [9.17, 15) is 14.7 Å². The summed E-state index contributed by atoms with van der Waals surface area (Å²) in [4.78, 5) is 23.2. The van der Waals surface area contributed by atoms with Gasteiger partial charge >= 0.3 is 12.1 Å². The number of carbonyl (C=O) groups excluding carboxylic acids is 1. The summed E-state index contributed by atoms with van der Waals surface area (Å²) in [5.74, 6) is 1.14. The third kappa shape index (κ3) is 4.34. The minimum absolute atomic E-state index is 0.0289. The molecule has 0 aromatic heterocycles. The zero-order valence-electron chi connectivity index (χ0n) is 11.9. The van der Waals surface area contributed by atoms with Crippen LogP contribution in [0.5, 0.6) is 0 Å². The van der Waals surface area contributed by atoms with E-state index < -0.39 is 12.1 Å². The molecule has 5 nitrogen and oxygen atoms in total. The average molecular weight is 374 g/mol. The first kappa shape index (κ1) is 16.6. The number of halogens is 1. The van der Waals surface area contributed by atoms with Crippen molar-refractivity contribution in [3.05, 3.63) is 63.6 Å². The van der Waals surface area contributed by atoms with Gasteiger partial charge in [-0.2, -0.15) is 0 Å². The largest absolute Gasteiger partial charge is 0.478 e. The van der Waals surface area contributed by atoms with Crippen LogP contribution < -0.4 is 5.32 Å². The summed E-state index contributed by atoms with van der Waals surface area (Å²) in [7, 11) is 0. The van der Waals surface area contributed by atoms with Crippen LogP contribution in [-0.2, 0) is 11.3 Å². The molecule has 2 aromatic rings. The van der Waals surface area contributed by atoms with Gasteiger partial charge in [0, 0.05) is 10.0 Å². The standard InChI is InChI=1S/C17H12BrNO4/c1-2-12-8-13(18)9-14(16(20)21)15(12)19-17(22)23-10-11-6-4-3-5-7-11/h1,3-9H,10H2,(H,19,22)(H,20,21). The van der Waals surface area contributed by atoms with Crippen LogP contribution in [0.1, 0.15) is 21.5 Å². The minimum atomic E-state index is -1.21. The highest BCUT2D eigenvalue weighted by Gasteiger charge is 2.17. The van der Waals surface area contributed by atoms with Gasteiger partial charge in [0.05, 0.1) is 11.3 Å². The zero-order valence-corrected chi connectivity index (χ0v) is 13.5. The van der Waals surface area contributed by atoms with Crippen LogP contribution in [-0.4, -0.2) is 17.2 Å². The lowest BCUT2D eigenvalue weighted by atomic mass is 10.1. The maximum Gasteiger partial charge on any atom is 0.412 e. The number of carboxylic acid groups (broad SMARTS) is 1. The van der Waals surface area contributed by atoms with E-state index in [0.29, 0.717) is 4.47 Å². The second kappa shape index (κ2) is 7.47. The Bertz CT molecular complexity index is 781. The lowest BCUT2D eigenvalue weighted by molar-refractivity contribution is 0.0698. The maximum absolute atomic E-state index is 11.9. The summed E-state index contributed by atoms with van der Waals surface area (Å²) in [5, 5.41) is 11.7. The number of carboxylic acids is 1. The fourth-order valence-electron chi connectivity index (χ4n) is 1.89. The molecule has 0 bridgehead atoms. The van der Waals surface area contributed by atoms with Gasteiger partial charge in [0.2, 0.25) is 0 Å². The van der Waals surface area contributed by atoms with E-state index in [1.54, 1.807) is 6.07 Å². The molecule has 1 amide bonds. The van der Waals surface area contributed by atoms with Crippen molar-refractivity contribution in [2.45, 2.75) is 6.61 Å². The van der Waals surface area contributed by atoms with Crippen LogP contribution in [0.2, 0.25) is 0 Å². The number of ether oxygens (including phenoxy) is 1. The maximum atomic E-state index is 11.9. The zero-order chi connectivity index (χ0) is 16.8. The Kier molecular flexibility index (Phi) is 5.39. The quantitative estimate of drug-likeness (QED) is 0.797. The first-order valence-electron chi connectivity index (χ1n) is 6.52. The Morgan fingerprint density at radius 1 is 1.26 bits per heavy atom. The second-order valence-electron chi connectivity index (χ2n) is 4.51. The Morgan fingerprint density at radius 2 is 1.96 bits per heavy atom. The van der Waals surface area contributed by atoms with Crippen molar-refractivity contribution in [2.75, 3.05) is 5.32 Å². The Hall–Kier alpha value is -2.78. The third-order valence-electron chi connectivity index (χ3n) is 2.93. The first-order valence-corrected chi connectivity index (χ1v) is 7.31. The van der Waals surface area contributed by atoms with Crippen LogP contribution in [0, 0.1) is 12.3 Å². The van der Waals surface area contributed by atoms with Crippen molar-refractivity contribution in [1.82, 2.24) is 0 Å². The Balaban J connectivity index is 2.17. The molecule has 0 aliphatic heterocycles. The highest BCUT2D eigenvalue weighted by Crippen LogP contribution is 2.26. The van der Waals surface area contributed by atoms with E-state index in [-0.39, 0.29) is 23.4 Å². The van der Waals surface area contributed by atoms with Crippen molar-refractivity contribution in [1.29, 1.82) is 0 Å². The monoisotopic (exact) mass is 373 g/mol. The van der Waals surface area contributed by atoms with Gasteiger partial charge in [-0.25, -0.2) is 9.59 Å². The van der Waals surface area contributed by atoms with Crippen LogP contribution >= 0.6 is 15.9 Å². The smallest absolute Gasteiger partial charge is 0.412 e. The highest BCUT2D eigenvalue weighted by atomic mass is 79.9. The normalized spacial score (nSPS) is 9.74. The van der Waals surface area contributed by atoms with Crippen molar-refractivity contribution in [3.8, 4) is 12.3 Å². The van der Waals surface area contributed by atoms with Crippen molar-refractivity contribution >= 4 is 33.7 Å². The molecule has 0 atom stereocenters. The number of aromatic carboxylic acids is 1. The van der Waals surface area contributed by atoms with Crippen LogP contribution in [0.3, 0.4) is 0 Å². The molecule has 0 saturated carbocycles. The SMILES string of the molecule is C#Cc1cc(Br)cc(C(=O)O)c1NC(=O)OCc1ccccc1. The van der Waals surface area contributed by atoms with E-state index in [1.807, 2.05) is 30.3 Å². The number of benzene rings is 2. The van der Waals surface area contributed by atoms with Crippen LogP contribution in [0.25, 0.3) is 0 Å². The fraction of sp³-hybridized carbons (Fsp3) is 0.0588. The summed E-state index contributed by atoms with van der Waals surface area (Å²) in [5.41, 5.74) is 0.966. The molecule has 0 aliphatic carbocycles. The van der Waals surface area contributed by atoms with Gasteiger partial charge in [-0.1, -0.05) is 52.2 Å². The summed E-state index contributed by atoms with van der Waals surface area (Å²) in [6, 6.07) is 12.0. The molecule has 6 heteroatoms. The van der Waals surface area contributed by atoms with E-state index in [4.69, 9.17) is 11.2 Å². The number of anilines is 1. The van der Waals surface area contributed by atoms with Crippen LogP contribution in [0.15, 0.2) is 46.9 Å². The fourth-order valence-corrected chi connectivity index (χ4v) is 2.34. The predicted molar refractivity (Wildman–Crippen MR) is 89.3 cm³/mol. The number of hydrogen-bond donors (Lipinski definition) is 2. The molecule has 0 heterocycles. The number of amides is 1. The third-order valence-corrected chi connectivity index (χ3v) is 3.39. The number of carbonyl (C=O) groups is 2. The van der Waals surface area contributed by atoms with Gasteiger partial charge in [0.25, 0.3) is 0 Å². The molecule has 0 fully saturated rings. The molecular formula is C17H12BrNO4. The first-order chi connectivity index (χ1) is 11.0. The highest BCUT2D eigenvalue weighted by molar-refractivity contribution is 9.10. The Labute approximate surface area is 141 Å². The molecule has 2 rings (SSSR count). The molecule has 23 heavy (non-hydrogen) atoms. The van der Waals surface area contributed by atoms with Crippen molar-refractivity contribution < 1.29 is 19.4 Å². The lowest BCUT2D eigenvalue weighted by Crippen LogP contribution is -2.17. The summed E-state index contributed by atoms with van der Waals surface area (Å²) < 4.78 is 5.58. The molecule has 0 aliphatic rings. The predicted octanol–water partition coefficient (Wildman–Crippen LogP) is 3.88. The van der Waals surface area contributed by atoms with Gasteiger partial charge in [-0.3, -0.25) is 5.32 Å². The average Bonchev–Trinajstić information content (AvgIpc) is 2.54. The molecule has 2 aromatic carbocycles. The molecule has 116 valence electrons. The van der Waals surface area contributed by atoms with Crippen LogP contribution in [0.4, 0.5) is 10.5 Å². The van der Waals surface area contributed by atoms with E-state index in [1.165, 1.54) is 6.07 Å². The summed E-state index contributed by atoms with van der Waals surface area (Å²) in [6.07, 6.45) is 4.59. The topological polar surface area (TPSA) is 75.6 Å². The van der Waals surface area contributed by atoms with Crippen molar-refractivity contribution in [3.63, 3.8) is 0 Å². The van der Waals surface area contributed by atoms with Gasteiger partial charge in [-0.15, -0.1) is 6.42 Å². The molecule has 0 unspecified atom stereocenters. The molecule has 0 saturated heterocycles. The number of rotatable bonds is 4. The van der Waals surface area contributed by atoms with E-state index in [0.717, 1.165) is 5.56 Å². The molecule has 2 N–H and O–H groups in total. The summed E-state index contributed by atoms with van der Waals surface area (Å²) in [6.45, 7) is 0.0665. The van der Waals surface area contributed by atoms with Crippen molar-refractivity contribution in [2.24, 2.45) is 0 Å². The minimum Gasteiger partial charge on any atom is -0.478 e. The summed E-state index contributed by atoms with van der Waals surface area (Å²) >= 11 is 3.18. The number of hydrogen-bond acceptors (Lipinski definition) is 3. The van der Waals surface area contributed by atoms with E-state index in [2.05, 4.69) is 27.2 Å². The Morgan fingerprint density at radius 3 is 2.57 bits per heavy atom. The number of nitrogens with one attached hydrogen (secondary N) is 1. The van der Waals surface area contributed by atoms with Gasteiger partial charge in [0.1, 0.15) is 6.61 Å². The lowest BCUT2D eigenvalue weighted by Gasteiger charge is -2.12.